The van der Waals surface area contributed by atoms with Crippen LogP contribution in [0, 0.1) is 0 Å². The number of para-hydroxylation sites is 1. The Morgan fingerprint density at radius 1 is 1.23 bits per heavy atom. The van der Waals surface area contributed by atoms with Gasteiger partial charge in [0.2, 0.25) is 0 Å². The first-order valence-corrected chi connectivity index (χ1v) is 10.1. The van der Waals surface area contributed by atoms with Gasteiger partial charge in [0.25, 0.3) is 0 Å². The minimum Gasteiger partial charge on any atom is -0.372 e. The Labute approximate surface area is 159 Å². The van der Waals surface area contributed by atoms with Crippen molar-refractivity contribution in [3.8, 4) is 0 Å². The number of nitrogens with zero attached hydrogens (tertiary/aromatic N) is 4. The Morgan fingerprint density at radius 2 is 2.00 bits per heavy atom. The Morgan fingerprint density at radius 3 is 2.65 bits per heavy atom. The highest BCUT2D eigenvalue weighted by molar-refractivity contribution is 7.13. The molecule has 3 rings (SSSR count). The van der Waals surface area contributed by atoms with Crippen molar-refractivity contribution >= 4 is 28.2 Å². The summed E-state index contributed by atoms with van der Waals surface area (Å²) in [6, 6.07) is 10.5. The van der Waals surface area contributed by atoms with Gasteiger partial charge in [0.05, 0.1) is 0 Å². The molecule has 1 aromatic heterocycles. The molecule has 1 aromatic carbocycles. The number of piperazine rings is 1. The Kier molecular flexibility index (Phi) is 6.71. The van der Waals surface area contributed by atoms with E-state index >= 15 is 0 Å². The summed E-state index contributed by atoms with van der Waals surface area (Å²) in [5, 5.41) is 6.10. The van der Waals surface area contributed by atoms with Crippen LogP contribution in [0.15, 0.2) is 41.9 Å². The van der Waals surface area contributed by atoms with Crippen molar-refractivity contribution in [2.45, 2.75) is 13.3 Å². The van der Waals surface area contributed by atoms with Crippen LogP contribution in [-0.2, 0) is 0 Å². The second-order valence-electron chi connectivity index (χ2n) is 6.29. The van der Waals surface area contributed by atoms with Gasteiger partial charge in [-0.1, -0.05) is 18.2 Å². The zero-order chi connectivity index (χ0) is 18.2. The van der Waals surface area contributed by atoms with Crippen LogP contribution in [0.3, 0.4) is 0 Å². The first-order chi connectivity index (χ1) is 12.8. The molecule has 0 spiro atoms. The van der Waals surface area contributed by atoms with E-state index in [1.165, 1.54) is 5.69 Å². The number of carbonyl (C=O) groups excluding carboxylic acids is 1. The molecule has 26 heavy (non-hydrogen) atoms. The Hall–Kier alpha value is -2.28. The smallest absolute Gasteiger partial charge is 0.317 e. The first-order valence-electron chi connectivity index (χ1n) is 9.25. The first kappa shape index (κ1) is 18.5. The molecular formula is C19H27N5OS. The lowest BCUT2D eigenvalue weighted by atomic mass is 10.2. The van der Waals surface area contributed by atoms with Crippen molar-refractivity contribution in [1.29, 1.82) is 0 Å². The van der Waals surface area contributed by atoms with Gasteiger partial charge in [-0.3, -0.25) is 0 Å². The monoisotopic (exact) mass is 373 g/mol. The summed E-state index contributed by atoms with van der Waals surface area (Å²) >= 11 is 1.65. The fourth-order valence-electron chi connectivity index (χ4n) is 3.16. The highest BCUT2D eigenvalue weighted by Crippen LogP contribution is 2.18. The predicted octanol–water partition coefficient (Wildman–Crippen LogP) is 2.89. The minimum atomic E-state index is 0.0477. The van der Waals surface area contributed by atoms with E-state index in [4.69, 9.17) is 0 Å². The maximum Gasteiger partial charge on any atom is 0.317 e. The van der Waals surface area contributed by atoms with Crippen LogP contribution >= 0.6 is 11.3 Å². The van der Waals surface area contributed by atoms with Gasteiger partial charge in [-0.15, -0.1) is 11.3 Å². The number of carbonyl (C=O) groups is 1. The van der Waals surface area contributed by atoms with Crippen molar-refractivity contribution in [1.82, 2.24) is 15.2 Å². The SMILES string of the molecule is CCN(CCCNC(=O)N1CCN(c2nccs2)CC1)c1ccccc1. The number of hydrogen-bond donors (Lipinski definition) is 1. The molecule has 6 nitrogen and oxygen atoms in total. The predicted molar refractivity (Wildman–Crippen MR) is 108 cm³/mol. The average molecular weight is 374 g/mol. The summed E-state index contributed by atoms with van der Waals surface area (Å²) in [4.78, 5) is 23.2. The van der Waals surface area contributed by atoms with E-state index in [1.807, 2.05) is 22.5 Å². The van der Waals surface area contributed by atoms with Crippen molar-refractivity contribution < 1.29 is 4.79 Å². The van der Waals surface area contributed by atoms with E-state index in [-0.39, 0.29) is 6.03 Å². The number of thiazole rings is 1. The highest BCUT2D eigenvalue weighted by Gasteiger charge is 2.21. The molecule has 140 valence electrons. The molecule has 1 aliphatic heterocycles. The second-order valence-corrected chi connectivity index (χ2v) is 7.16. The molecule has 0 aliphatic carbocycles. The molecule has 2 amide bonds. The molecule has 1 fully saturated rings. The number of anilines is 2. The summed E-state index contributed by atoms with van der Waals surface area (Å²) in [5.41, 5.74) is 1.24. The number of aromatic nitrogens is 1. The van der Waals surface area contributed by atoms with Crippen LogP contribution < -0.4 is 15.1 Å². The van der Waals surface area contributed by atoms with E-state index in [9.17, 15) is 4.79 Å². The van der Waals surface area contributed by atoms with Crippen molar-refractivity contribution in [3.63, 3.8) is 0 Å². The fourth-order valence-corrected chi connectivity index (χ4v) is 3.86. The average Bonchev–Trinajstić information content (AvgIpc) is 3.23. The molecule has 2 aromatic rings. The quantitative estimate of drug-likeness (QED) is 0.758. The fraction of sp³-hybridized carbons (Fsp3) is 0.474. The zero-order valence-electron chi connectivity index (χ0n) is 15.3. The van der Waals surface area contributed by atoms with E-state index in [1.54, 1.807) is 11.3 Å². The lowest BCUT2D eigenvalue weighted by Crippen LogP contribution is -2.52. The molecule has 1 saturated heterocycles. The van der Waals surface area contributed by atoms with E-state index in [2.05, 4.69) is 51.3 Å². The largest absolute Gasteiger partial charge is 0.372 e. The van der Waals surface area contributed by atoms with Crippen LogP contribution in [0.2, 0.25) is 0 Å². The Balaban J connectivity index is 1.35. The topological polar surface area (TPSA) is 51.7 Å². The molecule has 0 atom stereocenters. The van der Waals surface area contributed by atoms with Crippen molar-refractivity contribution in [2.24, 2.45) is 0 Å². The lowest BCUT2D eigenvalue weighted by molar-refractivity contribution is 0.194. The normalized spacial score (nSPS) is 14.3. The number of amides is 2. The van der Waals surface area contributed by atoms with Gasteiger partial charge in [-0.25, -0.2) is 9.78 Å². The van der Waals surface area contributed by atoms with Gasteiger partial charge in [0, 0.05) is 63.1 Å². The third-order valence-corrected chi connectivity index (χ3v) is 5.47. The number of urea groups is 1. The summed E-state index contributed by atoms with van der Waals surface area (Å²) < 4.78 is 0. The lowest BCUT2D eigenvalue weighted by Gasteiger charge is -2.34. The van der Waals surface area contributed by atoms with E-state index < -0.39 is 0 Å². The number of nitrogens with one attached hydrogen (secondary N) is 1. The van der Waals surface area contributed by atoms with Gasteiger partial charge >= 0.3 is 6.03 Å². The molecular weight excluding hydrogens is 346 g/mol. The maximum atomic E-state index is 12.3. The molecule has 2 heterocycles. The summed E-state index contributed by atoms with van der Waals surface area (Å²) in [5.74, 6) is 0. The molecule has 7 heteroatoms. The molecule has 0 saturated carbocycles. The number of hydrogen-bond acceptors (Lipinski definition) is 5. The van der Waals surface area contributed by atoms with Gasteiger partial charge in [0.1, 0.15) is 0 Å². The van der Waals surface area contributed by atoms with Gasteiger partial charge in [0.15, 0.2) is 5.13 Å². The van der Waals surface area contributed by atoms with Crippen LogP contribution in [0.5, 0.6) is 0 Å². The minimum absolute atomic E-state index is 0.0477. The standard InChI is InChI=1S/C19H27N5OS/c1-2-22(17-7-4-3-5-8-17)11-6-9-20-18(25)23-12-14-24(15-13-23)19-21-10-16-26-19/h3-5,7-8,10,16H,2,6,9,11-15H2,1H3,(H,20,25). The summed E-state index contributed by atoms with van der Waals surface area (Å²) in [6.07, 6.45) is 2.77. The second kappa shape index (κ2) is 9.43. The molecule has 1 aliphatic rings. The van der Waals surface area contributed by atoms with Gasteiger partial charge in [-0.05, 0) is 25.5 Å². The summed E-state index contributed by atoms with van der Waals surface area (Å²) in [6.45, 7) is 7.96. The zero-order valence-corrected chi connectivity index (χ0v) is 16.1. The van der Waals surface area contributed by atoms with Gasteiger partial charge in [-0.2, -0.15) is 0 Å². The van der Waals surface area contributed by atoms with Crippen LogP contribution in [0.25, 0.3) is 0 Å². The summed E-state index contributed by atoms with van der Waals surface area (Å²) in [7, 11) is 0. The number of benzene rings is 1. The van der Waals surface area contributed by atoms with Crippen LogP contribution in [0.4, 0.5) is 15.6 Å². The number of rotatable bonds is 7. The molecule has 0 bridgehead atoms. The van der Waals surface area contributed by atoms with Gasteiger partial charge < -0.3 is 20.0 Å². The third kappa shape index (κ3) is 4.88. The molecule has 0 unspecified atom stereocenters. The van der Waals surface area contributed by atoms with E-state index in [0.717, 1.165) is 50.8 Å². The molecule has 1 N–H and O–H groups in total. The van der Waals surface area contributed by atoms with E-state index in [0.29, 0.717) is 6.54 Å². The van der Waals surface area contributed by atoms with Crippen molar-refractivity contribution in [2.75, 3.05) is 55.6 Å². The maximum absolute atomic E-state index is 12.3. The van der Waals surface area contributed by atoms with Crippen LogP contribution in [-0.4, -0.2) is 61.7 Å². The van der Waals surface area contributed by atoms with Crippen LogP contribution in [0.1, 0.15) is 13.3 Å². The highest BCUT2D eigenvalue weighted by atomic mass is 32.1. The Bertz CT molecular complexity index is 656. The van der Waals surface area contributed by atoms with Crippen molar-refractivity contribution in [3.05, 3.63) is 41.9 Å². The third-order valence-electron chi connectivity index (χ3n) is 4.64. The molecule has 0 radical (unpaired) electrons.